The number of nitrogens with one attached hydrogen (secondary N) is 1. The van der Waals surface area contributed by atoms with Crippen LogP contribution in [0.25, 0.3) is 21.6 Å². The van der Waals surface area contributed by atoms with Gasteiger partial charge in [0.15, 0.2) is 5.82 Å². The van der Waals surface area contributed by atoms with Crippen LogP contribution in [0.4, 0.5) is 5.82 Å². The van der Waals surface area contributed by atoms with Crippen molar-refractivity contribution in [3.8, 4) is 10.7 Å². The Morgan fingerprint density at radius 3 is 2.75 bits per heavy atom. The predicted octanol–water partition coefficient (Wildman–Crippen LogP) is 5.12. The number of anilines is 1. The predicted molar refractivity (Wildman–Crippen MR) is 89.8 cm³/mol. The van der Waals surface area contributed by atoms with E-state index in [1.165, 1.54) is 0 Å². The molecule has 0 atom stereocenters. The molecule has 0 saturated heterocycles. The van der Waals surface area contributed by atoms with Crippen LogP contribution in [0.15, 0.2) is 28.1 Å². The Bertz CT molecular complexity index is 800. The molecule has 1 N–H and O–H groups in total. The maximum absolute atomic E-state index is 6.32. The molecule has 102 valence electrons. The first-order valence-electron chi connectivity index (χ1n) is 5.99. The first kappa shape index (κ1) is 13.8. The van der Waals surface area contributed by atoms with Crippen molar-refractivity contribution in [2.75, 3.05) is 12.4 Å². The van der Waals surface area contributed by atoms with E-state index in [-0.39, 0.29) is 0 Å². The van der Waals surface area contributed by atoms with E-state index in [1.54, 1.807) is 11.3 Å². The number of hydrogen-bond donors (Lipinski definition) is 1. The van der Waals surface area contributed by atoms with E-state index in [9.17, 15) is 0 Å². The quantitative estimate of drug-likeness (QED) is 0.682. The average Bonchev–Trinajstić information content (AvgIpc) is 2.78. The Morgan fingerprint density at radius 1 is 1.30 bits per heavy atom. The van der Waals surface area contributed by atoms with Crippen molar-refractivity contribution in [1.82, 2.24) is 9.97 Å². The number of halogens is 2. The zero-order valence-corrected chi connectivity index (χ0v) is 14.0. The van der Waals surface area contributed by atoms with Crippen molar-refractivity contribution >= 4 is 55.6 Å². The maximum atomic E-state index is 6.32. The van der Waals surface area contributed by atoms with Gasteiger partial charge in [-0.25, -0.2) is 9.97 Å². The molecular formula is C14H11BrClN3S. The van der Waals surface area contributed by atoms with Crippen LogP contribution in [0.1, 0.15) is 5.56 Å². The summed E-state index contributed by atoms with van der Waals surface area (Å²) in [5.41, 5.74) is 1.95. The molecule has 3 aromatic rings. The highest BCUT2D eigenvalue weighted by atomic mass is 79.9. The van der Waals surface area contributed by atoms with Crippen molar-refractivity contribution in [3.63, 3.8) is 0 Å². The molecule has 20 heavy (non-hydrogen) atoms. The van der Waals surface area contributed by atoms with Crippen molar-refractivity contribution < 1.29 is 0 Å². The van der Waals surface area contributed by atoms with Gasteiger partial charge >= 0.3 is 0 Å². The van der Waals surface area contributed by atoms with E-state index in [0.29, 0.717) is 5.82 Å². The van der Waals surface area contributed by atoms with Crippen molar-refractivity contribution in [2.45, 2.75) is 6.92 Å². The van der Waals surface area contributed by atoms with Crippen molar-refractivity contribution in [1.29, 1.82) is 0 Å². The number of rotatable bonds is 2. The minimum Gasteiger partial charge on any atom is -0.373 e. The highest BCUT2D eigenvalue weighted by Gasteiger charge is 2.14. The lowest BCUT2D eigenvalue weighted by Crippen LogP contribution is -1.98. The second-order valence-corrected chi connectivity index (χ2v) is 6.54. The fourth-order valence-electron chi connectivity index (χ4n) is 1.97. The van der Waals surface area contributed by atoms with E-state index in [4.69, 9.17) is 11.6 Å². The molecule has 6 heteroatoms. The fraction of sp³-hybridized carbons (Fsp3) is 0.143. The number of nitrogens with zero attached hydrogens (tertiary/aromatic N) is 2. The van der Waals surface area contributed by atoms with Gasteiger partial charge in [-0.2, -0.15) is 0 Å². The third-order valence-corrected chi connectivity index (χ3v) is 5.18. The monoisotopic (exact) mass is 367 g/mol. The number of thiophene rings is 1. The minimum atomic E-state index is 0.660. The smallest absolute Gasteiger partial charge is 0.173 e. The van der Waals surface area contributed by atoms with Crippen molar-refractivity contribution in [2.24, 2.45) is 0 Å². The third-order valence-electron chi connectivity index (χ3n) is 3.00. The number of aryl methyl sites for hydroxylation is 1. The number of aromatic nitrogens is 2. The number of fused-ring (bicyclic) bond motifs is 1. The van der Waals surface area contributed by atoms with E-state index in [1.807, 2.05) is 37.6 Å². The molecule has 0 bridgehead atoms. The third kappa shape index (κ3) is 2.30. The zero-order chi connectivity index (χ0) is 14.3. The average molecular weight is 369 g/mol. The highest BCUT2D eigenvalue weighted by molar-refractivity contribution is 9.10. The van der Waals surface area contributed by atoms with Crippen LogP contribution in [0.5, 0.6) is 0 Å². The van der Waals surface area contributed by atoms with Crippen LogP contribution in [-0.4, -0.2) is 17.0 Å². The largest absolute Gasteiger partial charge is 0.373 e. The first-order chi connectivity index (χ1) is 9.60. The van der Waals surface area contributed by atoms with Gasteiger partial charge in [-0.3, -0.25) is 0 Å². The molecule has 0 saturated carbocycles. The molecule has 0 spiro atoms. The van der Waals surface area contributed by atoms with Crippen LogP contribution >= 0.6 is 38.9 Å². The second kappa shape index (κ2) is 5.31. The Labute approximate surface area is 134 Å². The maximum Gasteiger partial charge on any atom is 0.173 e. The van der Waals surface area contributed by atoms with Gasteiger partial charge in [-0.1, -0.05) is 27.5 Å². The summed E-state index contributed by atoms with van der Waals surface area (Å²) in [4.78, 5) is 10.1. The Morgan fingerprint density at radius 2 is 2.10 bits per heavy atom. The summed E-state index contributed by atoms with van der Waals surface area (Å²) in [6.07, 6.45) is 0. The van der Waals surface area contributed by atoms with E-state index >= 15 is 0 Å². The number of hydrogen-bond acceptors (Lipinski definition) is 4. The van der Waals surface area contributed by atoms with Crippen molar-refractivity contribution in [3.05, 3.63) is 38.6 Å². The van der Waals surface area contributed by atoms with Gasteiger partial charge < -0.3 is 5.32 Å². The summed E-state index contributed by atoms with van der Waals surface area (Å²) in [7, 11) is 1.85. The molecule has 1 aromatic carbocycles. The Hall–Kier alpha value is -1.17. The van der Waals surface area contributed by atoms with Gasteiger partial charge in [0.2, 0.25) is 0 Å². The summed E-state index contributed by atoms with van der Waals surface area (Å²) >= 11 is 11.4. The SMILES string of the molecule is CNc1nc(-c2scc(C)c2Cl)nc2ccc(Br)cc12. The summed E-state index contributed by atoms with van der Waals surface area (Å²) < 4.78 is 1.00. The van der Waals surface area contributed by atoms with Gasteiger partial charge in [-0.15, -0.1) is 11.3 Å². The normalized spacial score (nSPS) is 11.0. The summed E-state index contributed by atoms with van der Waals surface area (Å²) in [5.74, 6) is 1.46. The van der Waals surface area contributed by atoms with Crippen LogP contribution in [-0.2, 0) is 0 Å². The molecule has 2 aromatic heterocycles. The van der Waals surface area contributed by atoms with Crippen LogP contribution in [0, 0.1) is 6.92 Å². The standard InChI is InChI=1S/C14H11BrClN3S/c1-7-6-20-12(11(7)16)14-18-10-4-3-8(15)5-9(10)13(17-2)19-14/h3-6H,1-2H3,(H,17,18,19). The lowest BCUT2D eigenvalue weighted by Gasteiger charge is -2.08. The molecule has 0 aliphatic carbocycles. The van der Waals surface area contributed by atoms with E-state index in [0.717, 1.165) is 36.7 Å². The van der Waals surface area contributed by atoms with Crippen LogP contribution < -0.4 is 5.32 Å². The molecular weight excluding hydrogens is 358 g/mol. The lowest BCUT2D eigenvalue weighted by molar-refractivity contribution is 1.22. The fourth-order valence-corrected chi connectivity index (χ4v) is 3.55. The van der Waals surface area contributed by atoms with Gasteiger partial charge in [0.1, 0.15) is 5.82 Å². The molecule has 3 rings (SSSR count). The lowest BCUT2D eigenvalue weighted by atomic mass is 10.2. The molecule has 0 unspecified atom stereocenters. The zero-order valence-electron chi connectivity index (χ0n) is 10.9. The van der Waals surface area contributed by atoms with Gasteiger partial charge in [-0.05, 0) is 36.1 Å². The summed E-state index contributed by atoms with van der Waals surface area (Å²) in [5, 5.41) is 6.85. The Kier molecular flexibility index (Phi) is 3.67. The molecule has 2 heterocycles. The minimum absolute atomic E-state index is 0.660. The Balaban J connectivity index is 2.28. The van der Waals surface area contributed by atoms with Gasteiger partial charge in [0, 0.05) is 16.9 Å². The highest BCUT2D eigenvalue weighted by Crippen LogP contribution is 2.36. The van der Waals surface area contributed by atoms with E-state index < -0.39 is 0 Å². The van der Waals surface area contributed by atoms with Gasteiger partial charge in [0.05, 0.1) is 15.4 Å². The molecule has 0 aliphatic rings. The van der Waals surface area contributed by atoms with Crippen LogP contribution in [0.3, 0.4) is 0 Å². The number of benzene rings is 1. The first-order valence-corrected chi connectivity index (χ1v) is 8.04. The molecule has 0 radical (unpaired) electrons. The molecule has 0 fully saturated rings. The second-order valence-electron chi connectivity index (χ2n) is 4.37. The topological polar surface area (TPSA) is 37.8 Å². The van der Waals surface area contributed by atoms with E-state index in [2.05, 4.69) is 31.2 Å². The molecule has 0 aliphatic heterocycles. The van der Waals surface area contributed by atoms with Gasteiger partial charge in [0.25, 0.3) is 0 Å². The van der Waals surface area contributed by atoms with Crippen LogP contribution in [0.2, 0.25) is 5.02 Å². The summed E-state index contributed by atoms with van der Waals surface area (Å²) in [6.45, 7) is 1.99. The summed E-state index contributed by atoms with van der Waals surface area (Å²) in [6, 6.07) is 5.95. The molecule has 0 amide bonds. The molecule has 3 nitrogen and oxygen atoms in total.